The van der Waals surface area contributed by atoms with E-state index in [2.05, 4.69) is 0 Å². The van der Waals surface area contributed by atoms with E-state index in [9.17, 15) is 19.8 Å². The molecule has 1 aliphatic heterocycles. The van der Waals surface area contributed by atoms with E-state index in [4.69, 9.17) is 21.1 Å². The van der Waals surface area contributed by atoms with Gasteiger partial charge < -0.3 is 24.6 Å². The van der Waals surface area contributed by atoms with Gasteiger partial charge in [-0.3, -0.25) is 9.59 Å². The number of amides is 1. The maximum atomic E-state index is 13.0. The van der Waals surface area contributed by atoms with Crippen molar-refractivity contribution in [1.29, 1.82) is 0 Å². The second-order valence-electron chi connectivity index (χ2n) is 7.52. The average Bonchev–Trinajstić information content (AvgIpc) is 3.03. The van der Waals surface area contributed by atoms with Crippen molar-refractivity contribution >= 4 is 29.1 Å². The number of aliphatic hydroxyl groups is 1. The van der Waals surface area contributed by atoms with E-state index in [1.165, 1.54) is 24.1 Å². The van der Waals surface area contributed by atoms with Gasteiger partial charge in [-0.2, -0.15) is 0 Å². The quantitative estimate of drug-likeness (QED) is 0.348. The van der Waals surface area contributed by atoms with E-state index in [1.807, 2.05) is 13.8 Å². The van der Waals surface area contributed by atoms with Crippen molar-refractivity contribution in [2.24, 2.45) is 0 Å². The molecular weight excluding hydrogens is 434 g/mol. The molecule has 2 aromatic rings. The van der Waals surface area contributed by atoms with Crippen LogP contribution in [0.3, 0.4) is 0 Å². The lowest BCUT2D eigenvalue weighted by atomic mass is 9.94. The molecule has 3 rings (SSSR count). The molecule has 170 valence electrons. The van der Waals surface area contributed by atoms with Crippen LogP contribution < -0.4 is 4.74 Å². The number of nitrogens with zero attached hydrogens (tertiary/aromatic N) is 1. The van der Waals surface area contributed by atoms with Crippen LogP contribution in [0.1, 0.15) is 36.1 Å². The Hall–Kier alpha value is -3.03. The van der Waals surface area contributed by atoms with Gasteiger partial charge in [0.1, 0.15) is 17.3 Å². The van der Waals surface area contributed by atoms with Crippen molar-refractivity contribution in [3.05, 3.63) is 63.7 Å². The van der Waals surface area contributed by atoms with E-state index in [0.29, 0.717) is 23.5 Å². The first-order chi connectivity index (χ1) is 15.3. The number of phenols is 1. The van der Waals surface area contributed by atoms with Crippen LogP contribution in [0.2, 0.25) is 5.02 Å². The zero-order chi connectivity index (χ0) is 23.4. The molecule has 1 saturated heterocycles. The Morgan fingerprint density at radius 2 is 1.91 bits per heavy atom. The Bertz CT molecular complexity index is 1060. The van der Waals surface area contributed by atoms with Gasteiger partial charge in [-0.1, -0.05) is 24.6 Å². The summed E-state index contributed by atoms with van der Waals surface area (Å²) in [6.45, 7) is 4.77. The molecule has 1 heterocycles. The van der Waals surface area contributed by atoms with Gasteiger partial charge in [0.15, 0.2) is 0 Å². The number of halogens is 1. The number of carbonyl (C=O) groups is 2. The maximum absolute atomic E-state index is 13.0. The predicted molar refractivity (Wildman–Crippen MR) is 121 cm³/mol. The Morgan fingerprint density at radius 3 is 2.53 bits per heavy atom. The molecule has 8 heteroatoms. The molecule has 7 nitrogen and oxygen atoms in total. The van der Waals surface area contributed by atoms with Crippen LogP contribution in [0.15, 0.2) is 42.0 Å². The third kappa shape index (κ3) is 4.59. The monoisotopic (exact) mass is 459 g/mol. The number of ether oxygens (including phenoxy) is 2. The molecule has 1 amide bonds. The highest BCUT2D eigenvalue weighted by Crippen LogP contribution is 2.41. The van der Waals surface area contributed by atoms with E-state index in [0.717, 1.165) is 12.0 Å². The Morgan fingerprint density at radius 1 is 1.16 bits per heavy atom. The number of aliphatic hydroxyl groups excluding tert-OH is 1. The summed E-state index contributed by atoms with van der Waals surface area (Å²) < 4.78 is 10.8. The highest BCUT2D eigenvalue weighted by molar-refractivity contribution is 6.46. The first-order valence-electron chi connectivity index (χ1n) is 10.3. The highest BCUT2D eigenvalue weighted by atomic mass is 35.5. The molecule has 2 aromatic carbocycles. The summed E-state index contributed by atoms with van der Waals surface area (Å²) in [4.78, 5) is 27.1. The second-order valence-corrected chi connectivity index (χ2v) is 7.93. The van der Waals surface area contributed by atoms with Crippen LogP contribution in [0.4, 0.5) is 0 Å². The summed E-state index contributed by atoms with van der Waals surface area (Å²) in [6, 6.07) is 8.65. The van der Waals surface area contributed by atoms with Crippen molar-refractivity contribution in [2.75, 3.05) is 26.9 Å². The van der Waals surface area contributed by atoms with Gasteiger partial charge in [-0.15, -0.1) is 0 Å². The van der Waals surface area contributed by atoms with Crippen LogP contribution in [-0.2, 0) is 14.3 Å². The highest BCUT2D eigenvalue weighted by Gasteiger charge is 2.46. The number of Topliss-reactive ketones (excluding diaryl/α,β-unsaturated/α-hetero) is 1. The fourth-order valence-corrected chi connectivity index (χ4v) is 3.86. The minimum Gasteiger partial charge on any atom is -0.507 e. The molecular formula is C24H26ClNO6. The van der Waals surface area contributed by atoms with Crippen molar-refractivity contribution in [2.45, 2.75) is 26.3 Å². The fourth-order valence-electron chi connectivity index (χ4n) is 3.67. The largest absolute Gasteiger partial charge is 0.507 e. The standard InChI is InChI=1S/C24H26ClNO6/c1-4-10-32-19-8-6-16(12-14(19)2)22(28)20-21(15-5-7-18(27)17(25)13-15)26(9-11-31-3)24(30)23(20)29/h5-8,12-13,21,27-28H,4,9-11H2,1-3H3/b22-20-. The zero-order valence-electron chi connectivity index (χ0n) is 18.2. The number of phenolic OH excluding ortho intramolecular Hbond substituents is 1. The van der Waals surface area contributed by atoms with Crippen LogP contribution in [0.25, 0.3) is 5.76 Å². The average molecular weight is 460 g/mol. The van der Waals surface area contributed by atoms with Gasteiger partial charge in [-0.25, -0.2) is 0 Å². The number of benzene rings is 2. The minimum atomic E-state index is -0.875. The molecule has 0 aromatic heterocycles. The Balaban J connectivity index is 2.12. The lowest BCUT2D eigenvalue weighted by Crippen LogP contribution is -2.32. The number of hydrogen-bond acceptors (Lipinski definition) is 6. The normalized spacial score (nSPS) is 17.8. The maximum Gasteiger partial charge on any atom is 0.295 e. The first-order valence-corrected chi connectivity index (χ1v) is 10.7. The summed E-state index contributed by atoms with van der Waals surface area (Å²) in [6.07, 6.45) is 0.862. The molecule has 1 unspecified atom stereocenters. The second kappa shape index (κ2) is 10.1. The van der Waals surface area contributed by atoms with Gasteiger partial charge in [0.05, 0.1) is 29.9 Å². The molecule has 1 atom stereocenters. The smallest absolute Gasteiger partial charge is 0.295 e. The number of carbonyl (C=O) groups excluding carboxylic acids is 2. The number of likely N-dealkylation sites (tertiary alicyclic amines) is 1. The van der Waals surface area contributed by atoms with Gasteiger partial charge >= 0.3 is 0 Å². The SMILES string of the molecule is CCCOc1ccc(/C(O)=C2/C(=O)C(=O)N(CCOC)C2c2ccc(O)c(Cl)c2)cc1C. The lowest BCUT2D eigenvalue weighted by molar-refractivity contribution is -0.140. The van der Waals surface area contributed by atoms with Crippen LogP contribution in [0, 0.1) is 6.92 Å². The molecule has 1 aliphatic rings. The summed E-state index contributed by atoms with van der Waals surface area (Å²) >= 11 is 6.09. The molecule has 1 fully saturated rings. The van der Waals surface area contributed by atoms with Crippen molar-refractivity contribution in [3.8, 4) is 11.5 Å². The van der Waals surface area contributed by atoms with Crippen molar-refractivity contribution in [1.82, 2.24) is 4.90 Å². The van der Waals surface area contributed by atoms with Gasteiger partial charge in [0, 0.05) is 19.2 Å². The van der Waals surface area contributed by atoms with Crippen LogP contribution in [-0.4, -0.2) is 53.7 Å². The fraction of sp³-hybridized carbons (Fsp3) is 0.333. The summed E-state index contributed by atoms with van der Waals surface area (Å²) in [5, 5.41) is 21.0. The first kappa shape index (κ1) is 23.6. The van der Waals surface area contributed by atoms with E-state index in [-0.39, 0.29) is 35.3 Å². The molecule has 2 N–H and O–H groups in total. The number of hydrogen-bond donors (Lipinski definition) is 2. The molecule has 0 spiro atoms. The lowest BCUT2D eigenvalue weighted by Gasteiger charge is -2.25. The Kier molecular flexibility index (Phi) is 7.43. The summed E-state index contributed by atoms with van der Waals surface area (Å²) in [5.74, 6) is -1.26. The molecule has 0 saturated carbocycles. The third-order valence-corrected chi connectivity index (χ3v) is 5.58. The topological polar surface area (TPSA) is 96.3 Å². The molecule has 0 aliphatic carbocycles. The minimum absolute atomic E-state index is 0.0468. The van der Waals surface area contributed by atoms with Gasteiger partial charge in [0.2, 0.25) is 0 Å². The van der Waals surface area contributed by atoms with Crippen LogP contribution in [0.5, 0.6) is 11.5 Å². The van der Waals surface area contributed by atoms with Crippen LogP contribution >= 0.6 is 11.6 Å². The van der Waals surface area contributed by atoms with Gasteiger partial charge in [-0.05, 0) is 54.8 Å². The van der Waals surface area contributed by atoms with Crippen molar-refractivity contribution < 1.29 is 29.3 Å². The number of rotatable bonds is 8. The summed E-state index contributed by atoms with van der Waals surface area (Å²) in [5.41, 5.74) is 1.63. The number of aromatic hydroxyl groups is 1. The van der Waals surface area contributed by atoms with Gasteiger partial charge in [0.25, 0.3) is 11.7 Å². The van der Waals surface area contributed by atoms with E-state index in [1.54, 1.807) is 24.3 Å². The van der Waals surface area contributed by atoms with E-state index >= 15 is 0 Å². The molecule has 0 radical (unpaired) electrons. The summed E-state index contributed by atoms with van der Waals surface area (Å²) in [7, 11) is 1.49. The van der Waals surface area contributed by atoms with E-state index < -0.39 is 17.7 Å². The number of aryl methyl sites for hydroxylation is 1. The van der Waals surface area contributed by atoms with Crippen molar-refractivity contribution in [3.63, 3.8) is 0 Å². The number of ketones is 1. The molecule has 0 bridgehead atoms. The number of methoxy groups -OCH3 is 1. The Labute approximate surface area is 191 Å². The predicted octanol–water partition coefficient (Wildman–Crippen LogP) is 4.21. The third-order valence-electron chi connectivity index (χ3n) is 5.27. The zero-order valence-corrected chi connectivity index (χ0v) is 19.0. The molecule has 32 heavy (non-hydrogen) atoms.